The monoisotopic (exact) mass is 416 g/mol. The maximum atomic E-state index is 12.5. The third-order valence-corrected chi connectivity index (χ3v) is 5.91. The molecular formula is C20H20N2O4S2. The van der Waals surface area contributed by atoms with Gasteiger partial charge < -0.3 is 10.1 Å². The van der Waals surface area contributed by atoms with Crippen molar-refractivity contribution in [2.24, 2.45) is 0 Å². The van der Waals surface area contributed by atoms with Gasteiger partial charge in [0, 0.05) is 17.2 Å². The van der Waals surface area contributed by atoms with E-state index in [2.05, 4.69) is 10.3 Å². The fourth-order valence-corrected chi connectivity index (χ4v) is 3.71. The molecule has 0 radical (unpaired) electrons. The molecule has 2 aromatic carbocycles. The Morgan fingerprint density at radius 3 is 2.39 bits per heavy atom. The van der Waals surface area contributed by atoms with Crippen molar-refractivity contribution in [1.82, 2.24) is 10.3 Å². The lowest BCUT2D eigenvalue weighted by atomic mass is 10.1. The summed E-state index contributed by atoms with van der Waals surface area (Å²) in [6, 6.07) is 13.1. The van der Waals surface area contributed by atoms with E-state index in [1.165, 1.54) is 11.3 Å². The summed E-state index contributed by atoms with van der Waals surface area (Å²) in [5.74, 6) is 0.444. The fraction of sp³-hybridized carbons (Fsp3) is 0.200. The smallest absolute Gasteiger partial charge is 0.251 e. The van der Waals surface area contributed by atoms with Gasteiger partial charge in [0.15, 0.2) is 9.84 Å². The first kappa shape index (κ1) is 20.0. The molecule has 0 aliphatic rings. The number of thiazole rings is 1. The molecule has 1 heterocycles. The largest absolute Gasteiger partial charge is 0.487 e. The molecule has 0 bridgehead atoms. The highest BCUT2D eigenvalue weighted by Gasteiger charge is 2.13. The van der Waals surface area contributed by atoms with E-state index in [0.717, 1.165) is 17.5 Å². The molecule has 0 aliphatic carbocycles. The lowest BCUT2D eigenvalue weighted by molar-refractivity contribution is 0.0940. The van der Waals surface area contributed by atoms with E-state index in [4.69, 9.17) is 4.74 Å². The van der Waals surface area contributed by atoms with Gasteiger partial charge in [-0.1, -0.05) is 12.1 Å². The van der Waals surface area contributed by atoms with E-state index in [1.54, 1.807) is 54.0 Å². The molecule has 0 spiro atoms. The molecule has 3 rings (SSSR count). The number of carbonyl (C=O) groups excluding carboxylic acids is 1. The number of sulfone groups is 1. The molecule has 6 nitrogen and oxygen atoms in total. The van der Waals surface area contributed by atoms with Gasteiger partial charge in [-0.25, -0.2) is 13.4 Å². The Kier molecular flexibility index (Phi) is 6.11. The van der Waals surface area contributed by atoms with Crippen LogP contribution in [0.25, 0.3) is 0 Å². The molecule has 0 aliphatic heterocycles. The Labute approximate surface area is 168 Å². The number of aromatic nitrogens is 1. The lowest BCUT2D eigenvalue weighted by Gasteiger charge is -2.15. The van der Waals surface area contributed by atoms with E-state index in [-0.39, 0.29) is 16.8 Å². The van der Waals surface area contributed by atoms with Crippen molar-refractivity contribution in [3.05, 3.63) is 76.2 Å². The zero-order chi connectivity index (χ0) is 20.1. The first-order chi connectivity index (χ1) is 13.3. The Morgan fingerprint density at radius 2 is 1.82 bits per heavy atom. The summed E-state index contributed by atoms with van der Waals surface area (Å²) in [7, 11) is -3.24. The molecule has 0 saturated heterocycles. The Morgan fingerprint density at radius 1 is 1.14 bits per heavy atom. The van der Waals surface area contributed by atoms with Gasteiger partial charge in [0.1, 0.15) is 12.4 Å². The van der Waals surface area contributed by atoms with Crippen LogP contribution in [0.15, 0.2) is 64.3 Å². The van der Waals surface area contributed by atoms with Crippen molar-refractivity contribution in [2.75, 3.05) is 6.26 Å². The highest BCUT2D eigenvalue weighted by Crippen LogP contribution is 2.18. The van der Waals surface area contributed by atoms with Crippen LogP contribution in [0, 0.1) is 0 Å². The standard InChI is InChI=1S/C20H20N2O4S2/c1-14(15-5-9-19(10-6-15)28(2,24)25)22-20(23)16-3-7-18(8-4-16)26-11-17-12-27-13-21-17/h3-10,12-14H,11H2,1-2H3,(H,22,23). The second kappa shape index (κ2) is 8.53. The van der Waals surface area contributed by atoms with Crippen LogP contribution in [-0.4, -0.2) is 25.6 Å². The average Bonchev–Trinajstić information content (AvgIpc) is 3.20. The van der Waals surface area contributed by atoms with Crippen LogP contribution in [0.5, 0.6) is 5.75 Å². The highest BCUT2D eigenvalue weighted by molar-refractivity contribution is 7.90. The first-order valence-electron chi connectivity index (χ1n) is 8.54. The Bertz CT molecular complexity index is 1030. The summed E-state index contributed by atoms with van der Waals surface area (Å²) in [5.41, 5.74) is 3.95. The number of amides is 1. The minimum absolute atomic E-state index is 0.217. The van der Waals surface area contributed by atoms with E-state index in [9.17, 15) is 13.2 Å². The van der Waals surface area contributed by atoms with Crippen LogP contribution in [0.2, 0.25) is 0 Å². The van der Waals surface area contributed by atoms with Crippen molar-refractivity contribution in [3.63, 3.8) is 0 Å². The number of hydrogen-bond acceptors (Lipinski definition) is 6. The molecule has 1 unspecified atom stereocenters. The summed E-state index contributed by atoms with van der Waals surface area (Å²) in [6.45, 7) is 2.23. The molecule has 146 valence electrons. The van der Waals surface area contributed by atoms with Crippen LogP contribution >= 0.6 is 11.3 Å². The number of hydrogen-bond donors (Lipinski definition) is 1. The quantitative estimate of drug-likeness (QED) is 0.636. The van der Waals surface area contributed by atoms with Crippen LogP contribution in [0.1, 0.15) is 34.6 Å². The average molecular weight is 417 g/mol. The summed E-state index contributed by atoms with van der Waals surface area (Å²) >= 11 is 1.51. The summed E-state index contributed by atoms with van der Waals surface area (Å²) in [5, 5.41) is 4.83. The van der Waals surface area contributed by atoms with E-state index < -0.39 is 9.84 Å². The highest BCUT2D eigenvalue weighted by atomic mass is 32.2. The van der Waals surface area contributed by atoms with E-state index in [0.29, 0.717) is 17.9 Å². The van der Waals surface area contributed by atoms with Crippen LogP contribution < -0.4 is 10.1 Å². The van der Waals surface area contributed by atoms with E-state index in [1.807, 2.05) is 12.3 Å². The molecule has 28 heavy (non-hydrogen) atoms. The minimum atomic E-state index is -3.24. The van der Waals surface area contributed by atoms with Gasteiger partial charge in [-0.3, -0.25) is 4.79 Å². The van der Waals surface area contributed by atoms with Crippen molar-refractivity contribution in [1.29, 1.82) is 0 Å². The summed E-state index contributed by atoms with van der Waals surface area (Å²) in [6.07, 6.45) is 1.16. The van der Waals surface area contributed by atoms with Crippen molar-refractivity contribution in [2.45, 2.75) is 24.5 Å². The fourth-order valence-electron chi connectivity index (χ4n) is 2.54. The Balaban J connectivity index is 1.59. The van der Waals surface area contributed by atoms with Gasteiger partial charge >= 0.3 is 0 Å². The Hall–Kier alpha value is -2.71. The third-order valence-electron chi connectivity index (χ3n) is 4.14. The molecule has 0 saturated carbocycles. The number of ether oxygens (including phenoxy) is 1. The van der Waals surface area contributed by atoms with Crippen LogP contribution in [0.4, 0.5) is 0 Å². The molecule has 0 fully saturated rings. The molecule has 8 heteroatoms. The first-order valence-corrected chi connectivity index (χ1v) is 11.4. The molecule has 1 atom stereocenters. The predicted molar refractivity (Wildman–Crippen MR) is 108 cm³/mol. The number of benzene rings is 2. The van der Waals surface area contributed by atoms with Crippen molar-refractivity contribution >= 4 is 27.1 Å². The zero-order valence-electron chi connectivity index (χ0n) is 15.5. The normalized spacial score (nSPS) is 12.4. The van der Waals surface area contributed by atoms with Gasteiger partial charge in [0.05, 0.1) is 22.1 Å². The second-order valence-electron chi connectivity index (χ2n) is 6.33. The summed E-state index contributed by atoms with van der Waals surface area (Å²) < 4.78 is 28.7. The van der Waals surface area contributed by atoms with Crippen molar-refractivity contribution in [3.8, 4) is 5.75 Å². The molecule has 1 amide bonds. The van der Waals surface area contributed by atoms with E-state index >= 15 is 0 Å². The molecule has 1 aromatic heterocycles. The summed E-state index contributed by atoms with van der Waals surface area (Å²) in [4.78, 5) is 16.9. The van der Waals surface area contributed by atoms with Gasteiger partial charge in [-0.05, 0) is 48.9 Å². The van der Waals surface area contributed by atoms with Crippen LogP contribution in [0.3, 0.4) is 0 Å². The predicted octanol–water partition coefficient (Wildman–Crippen LogP) is 3.62. The van der Waals surface area contributed by atoms with Gasteiger partial charge in [0.25, 0.3) is 5.91 Å². The van der Waals surface area contributed by atoms with Crippen LogP contribution in [-0.2, 0) is 16.4 Å². The SMILES string of the molecule is CC(NC(=O)c1ccc(OCc2cscn2)cc1)c1ccc(S(C)(=O)=O)cc1. The number of nitrogens with zero attached hydrogens (tertiary/aromatic N) is 1. The van der Waals surface area contributed by atoms with Gasteiger partial charge in [-0.15, -0.1) is 11.3 Å². The molecule has 1 N–H and O–H groups in total. The third kappa shape index (κ3) is 5.17. The second-order valence-corrected chi connectivity index (χ2v) is 9.06. The van der Waals surface area contributed by atoms with Gasteiger partial charge in [0.2, 0.25) is 0 Å². The lowest BCUT2D eigenvalue weighted by Crippen LogP contribution is -2.26. The number of rotatable bonds is 7. The van der Waals surface area contributed by atoms with Crippen molar-refractivity contribution < 1.29 is 17.9 Å². The number of nitrogens with one attached hydrogen (secondary N) is 1. The minimum Gasteiger partial charge on any atom is -0.487 e. The molecule has 3 aromatic rings. The number of carbonyl (C=O) groups is 1. The molecular weight excluding hydrogens is 396 g/mol. The maximum Gasteiger partial charge on any atom is 0.251 e. The zero-order valence-corrected chi connectivity index (χ0v) is 17.1. The topological polar surface area (TPSA) is 85.4 Å². The van der Waals surface area contributed by atoms with Gasteiger partial charge in [-0.2, -0.15) is 0 Å². The maximum absolute atomic E-state index is 12.5.